The smallest absolute Gasteiger partial charge is 0.171 e. The Labute approximate surface area is 60.0 Å². The zero-order valence-electron chi connectivity index (χ0n) is 6.42. The second-order valence-corrected chi connectivity index (χ2v) is 2.57. The minimum absolute atomic E-state index is 0.279. The zero-order chi connectivity index (χ0) is 8.31. The van der Waals surface area contributed by atoms with E-state index in [1.54, 1.807) is 13.8 Å². The molecule has 0 aromatic carbocycles. The summed E-state index contributed by atoms with van der Waals surface area (Å²) in [5, 5.41) is 8.87. The van der Waals surface area contributed by atoms with Gasteiger partial charge in [0.25, 0.3) is 0 Å². The first kappa shape index (κ1) is 9.30. The van der Waals surface area contributed by atoms with Crippen molar-refractivity contribution in [3.05, 3.63) is 0 Å². The molecule has 0 saturated heterocycles. The summed E-state index contributed by atoms with van der Waals surface area (Å²) in [4.78, 5) is 21.2. The van der Waals surface area contributed by atoms with Crippen LogP contribution in [0.5, 0.6) is 0 Å². The number of aliphatic hydroxyl groups is 1. The van der Waals surface area contributed by atoms with E-state index in [2.05, 4.69) is 0 Å². The molecule has 0 spiro atoms. The molecule has 0 radical (unpaired) electrons. The van der Waals surface area contributed by atoms with Gasteiger partial charge in [0.15, 0.2) is 17.7 Å². The van der Waals surface area contributed by atoms with Crippen LogP contribution in [-0.4, -0.2) is 22.8 Å². The van der Waals surface area contributed by atoms with Crippen molar-refractivity contribution in [2.45, 2.75) is 26.9 Å². The lowest BCUT2D eigenvalue weighted by atomic mass is 10.0. The first-order valence-corrected chi connectivity index (χ1v) is 3.19. The van der Waals surface area contributed by atoms with Gasteiger partial charge in [-0.1, -0.05) is 13.8 Å². The lowest BCUT2D eigenvalue weighted by Gasteiger charge is -2.07. The normalized spacial score (nSPS) is 13.3. The van der Waals surface area contributed by atoms with Gasteiger partial charge in [0, 0.05) is 5.92 Å². The highest BCUT2D eigenvalue weighted by Crippen LogP contribution is 1.99. The highest BCUT2D eigenvalue weighted by Gasteiger charge is 2.21. The Morgan fingerprint density at radius 2 is 1.70 bits per heavy atom. The van der Waals surface area contributed by atoms with Crippen LogP contribution >= 0.6 is 0 Å². The SMILES string of the molecule is CC(=O)C(O)C(=O)C(C)C. The summed E-state index contributed by atoms with van der Waals surface area (Å²) in [6.45, 7) is 4.49. The molecule has 0 amide bonds. The lowest BCUT2D eigenvalue weighted by Crippen LogP contribution is -2.31. The van der Waals surface area contributed by atoms with E-state index in [0.717, 1.165) is 0 Å². The van der Waals surface area contributed by atoms with Crippen LogP contribution in [0.3, 0.4) is 0 Å². The van der Waals surface area contributed by atoms with Crippen molar-refractivity contribution >= 4 is 11.6 Å². The molecule has 10 heavy (non-hydrogen) atoms. The quantitative estimate of drug-likeness (QED) is 0.574. The fourth-order valence-electron chi connectivity index (χ4n) is 0.516. The summed E-state index contributed by atoms with van der Waals surface area (Å²) in [7, 11) is 0. The Kier molecular flexibility index (Phi) is 3.22. The Hall–Kier alpha value is -0.700. The molecule has 1 unspecified atom stereocenters. The van der Waals surface area contributed by atoms with Crippen LogP contribution in [0.2, 0.25) is 0 Å². The average molecular weight is 144 g/mol. The second-order valence-electron chi connectivity index (χ2n) is 2.57. The Balaban J connectivity index is 4.08. The van der Waals surface area contributed by atoms with Crippen LogP contribution in [0.15, 0.2) is 0 Å². The highest BCUT2D eigenvalue weighted by atomic mass is 16.3. The van der Waals surface area contributed by atoms with Crippen LogP contribution in [-0.2, 0) is 9.59 Å². The fourth-order valence-corrected chi connectivity index (χ4v) is 0.516. The van der Waals surface area contributed by atoms with Gasteiger partial charge in [-0.05, 0) is 6.92 Å². The van der Waals surface area contributed by atoms with Crippen LogP contribution in [0.4, 0.5) is 0 Å². The van der Waals surface area contributed by atoms with E-state index in [9.17, 15) is 9.59 Å². The summed E-state index contributed by atoms with van der Waals surface area (Å²) in [5.41, 5.74) is 0. The first-order valence-electron chi connectivity index (χ1n) is 3.19. The maximum Gasteiger partial charge on any atom is 0.171 e. The molecule has 0 fully saturated rings. The van der Waals surface area contributed by atoms with Gasteiger partial charge in [0.2, 0.25) is 0 Å². The molecule has 3 heteroatoms. The van der Waals surface area contributed by atoms with Crippen molar-refractivity contribution in [2.75, 3.05) is 0 Å². The summed E-state index contributed by atoms with van der Waals surface area (Å²) < 4.78 is 0. The van der Waals surface area contributed by atoms with Crippen molar-refractivity contribution in [2.24, 2.45) is 5.92 Å². The molecule has 0 saturated carbocycles. The van der Waals surface area contributed by atoms with Crippen molar-refractivity contribution < 1.29 is 14.7 Å². The van der Waals surface area contributed by atoms with Crippen molar-refractivity contribution in [3.8, 4) is 0 Å². The maximum absolute atomic E-state index is 10.8. The number of Topliss-reactive ketones (excluding diaryl/α,β-unsaturated/α-hetero) is 2. The minimum atomic E-state index is -1.42. The number of carbonyl (C=O) groups is 2. The number of ketones is 2. The summed E-state index contributed by atoms with van der Waals surface area (Å²) in [5.74, 6) is -1.18. The van der Waals surface area contributed by atoms with E-state index in [1.807, 2.05) is 0 Å². The van der Waals surface area contributed by atoms with Crippen LogP contribution in [0.25, 0.3) is 0 Å². The van der Waals surface area contributed by atoms with Gasteiger partial charge in [-0.15, -0.1) is 0 Å². The van der Waals surface area contributed by atoms with Crippen LogP contribution in [0, 0.1) is 5.92 Å². The molecular formula is C7H12O3. The molecule has 0 rings (SSSR count). The van der Waals surface area contributed by atoms with Crippen LogP contribution < -0.4 is 0 Å². The predicted molar refractivity (Wildman–Crippen MR) is 36.5 cm³/mol. The molecule has 0 aliphatic carbocycles. The molecule has 0 aliphatic heterocycles. The van der Waals surface area contributed by atoms with Crippen molar-refractivity contribution in [1.82, 2.24) is 0 Å². The lowest BCUT2D eigenvalue weighted by molar-refractivity contribution is -0.139. The summed E-state index contributed by atoms with van der Waals surface area (Å²) in [6, 6.07) is 0. The minimum Gasteiger partial charge on any atom is -0.378 e. The largest absolute Gasteiger partial charge is 0.378 e. The molecule has 0 bridgehead atoms. The molecule has 3 nitrogen and oxygen atoms in total. The van der Waals surface area contributed by atoms with E-state index in [1.165, 1.54) is 6.92 Å². The van der Waals surface area contributed by atoms with Gasteiger partial charge in [-0.25, -0.2) is 0 Å². The van der Waals surface area contributed by atoms with E-state index in [0.29, 0.717) is 0 Å². The van der Waals surface area contributed by atoms with Gasteiger partial charge in [-0.3, -0.25) is 9.59 Å². The Morgan fingerprint density at radius 1 is 1.30 bits per heavy atom. The molecule has 0 heterocycles. The predicted octanol–water partition coefficient (Wildman–Crippen LogP) is 0.161. The Morgan fingerprint density at radius 3 is 1.80 bits per heavy atom. The number of aliphatic hydroxyl groups excluding tert-OH is 1. The Bertz CT molecular complexity index is 149. The standard InChI is InChI=1S/C7H12O3/c1-4(2)6(9)7(10)5(3)8/h4,7,10H,1-3H3. The number of carbonyl (C=O) groups excluding carboxylic acids is 2. The molecule has 1 atom stereocenters. The number of hydrogen-bond acceptors (Lipinski definition) is 3. The van der Waals surface area contributed by atoms with Gasteiger partial charge in [-0.2, -0.15) is 0 Å². The van der Waals surface area contributed by atoms with Crippen molar-refractivity contribution in [1.29, 1.82) is 0 Å². The molecule has 58 valence electrons. The van der Waals surface area contributed by atoms with E-state index in [4.69, 9.17) is 5.11 Å². The van der Waals surface area contributed by atoms with Gasteiger partial charge in [0.05, 0.1) is 0 Å². The van der Waals surface area contributed by atoms with Gasteiger partial charge in [0.1, 0.15) is 0 Å². The van der Waals surface area contributed by atoms with E-state index < -0.39 is 17.7 Å². The third-order valence-corrected chi connectivity index (χ3v) is 1.22. The number of hydrogen-bond donors (Lipinski definition) is 1. The number of rotatable bonds is 3. The second kappa shape index (κ2) is 3.46. The van der Waals surface area contributed by atoms with Crippen molar-refractivity contribution in [3.63, 3.8) is 0 Å². The molecule has 0 aliphatic rings. The molecule has 0 aromatic rings. The monoisotopic (exact) mass is 144 g/mol. The topological polar surface area (TPSA) is 54.4 Å². The third kappa shape index (κ3) is 2.27. The zero-order valence-corrected chi connectivity index (χ0v) is 6.42. The maximum atomic E-state index is 10.8. The average Bonchev–Trinajstić information content (AvgIpc) is 1.84. The summed E-state index contributed by atoms with van der Waals surface area (Å²) >= 11 is 0. The van der Waals surface area contributed by atoms with Gasteiger partial charge >= 0.3 is 0 Å². The fraction of sp³-hybridized carbons (Fsp3) is 0.714. The van der Waals surface area contributed by atoms with Crippen LogP contribution in [0.1, 0.15) is 20.8 Å². The van der Waals surface area contributed by atoms with E-state index >= 15 is 0 Å². The highest BCUT2D eigenvalue weighted by molar-refractivity contribution is 6.04. The third-order valence-electron chi connectivity index (χ3n) is 1.22. The molecular weight excluding hydrogens is 132 g/mol. The van der Waals surface area contributed by atoms with Gasteiger partial charge < -0.3 is 5.11 Å². The first-order chi connectivity index (χ1) is 4.46. The van der Waals surface area contributed by atoms with E-state index in [-0.39, 0.29) is 5.92 Å². The summed E-state index contributed by atoms with van der Waals surface area (Å²) in [6.07, 6.45) is -1.42. The molecule has 1 N–H and O–H groups in total. The molecule has 0 aromatic heterocycles.